The number of hydrogen-bond donors (Lipinski definition) is 0. The molecular weight excluding hydrogens is 312 g/mol. The summed E-state index contributed by atoms with van der Waals surface area (Å²) in [4.78, 5) is 25.7. The van der Waals surface area contributed by atoms with E-state index in [0.29, 0.717) is 5.57 Å². The fourth-order valence-corrected chi connectivity index (χ4v) is 2.67. The molecule has 1 unspecified atom stereocenters. The highest BCUT2D eigenvalue weighted by atomic mass is 16.5. The largest absolute Gasteiger partial charge is 0.465 e. The number of ether oxygens (including phenoxy) is 1. The molecule has 1 atom stereocenters. The number of esters is 1. The zero-order valence-corrected chi connectivity index (χ0v) is 15.0. The van der Waals surface area contributed by atoms with Crippen LogP contribution in [-0.2, 0) is 20.7 Å². The molecule has 0 aromatic heterocycles. The Kier molecular flexibility index (Phi) is 6.29. The second-order valence-electron chi connectivity index (χ2n) is 6.17. The van der Waals surface area contributed by atoms with E-state index in [-0.39, 0.29) is 18.8 Å². The van der Waals surface area contributed by atoms with Crippen molar-refractivity contribution in [3.63, 3.8) is 0 Å². The molecular formula is C22H24O3. The maximum absolute atomic E-state index is 13.0. The van der Waals surface area contributed by atoms with Crippen molar-refractivity contribution in [1.82, 2.24) is 0 Å². The van der Waals surface area contributed by atoms with Gasteiger partial charge < -0.3 is 4.74 Å². The van der Waals surface area contributed by atoms with E-state index < -0.39 is 11.4 Å². The monoisotopic (exact) mass is 336 g/mol. The molecule has 2 aromatic rings. The molecule has 0 N–H and O–H groups in total. The molecule has 0 spiro atoms. The Bertz CT molecular complexity index is 747. The summed E-state index contributed by atoms with van der Waals surface area (Å²) in [6, 6.07) is 19.1. The molecule has 130 valence electrons. The second kappa shape index (κ2) is 8.43. The van der Waals surface area contributed by atoms with Crippen LogP contribution in [0.5, 0.6) is 0 Å². The van der Waals surface area contributed by atoms with E-state index >= 15 is 0 Å². The first-order valence-electron chi connectivity index (χ1n) is 8.46. The molecule has 3 nitrogen and oxygen atoms in total. The summed E-state index contributed by atoms with van der Waals surface area (Å²) in [6.07, 6.45) is 2.07. The predicted molar refractivity (Wildman–Crippen MR) is 100.0 cm³/mol. The highest BCUT2D eigenvalue weighted by molar-refractivity contribution is 6.08. The summed E-state index contributed by atoms with van der Waals surface area (Å²) >= 11 is 0. The number of carbonyl (C=O) groups is 2. The topological polar surface area (TPSA) is 43.4 Å². The summed E-state index contributed by atoms with van der Waals surface area (Å²) in [7, 11) is 0. The molecule has 0 amide bonds. The van der Waals surface area contributed by atoms with E-state index in [0.717, 1.165) is 11.1 Å². The van der Waals surface area contributed by atoms with Gasteiger partial charge in [-0.05, 0) is 37.5 Å². The lowest BCUT2D eigenvalue weighted by molar-refractivity contribution is -0.156. The van der Waals surface area contributed by atoms with Crippen molar-refractivity contribution in [3.05, 3.63) is 77.4 Å². The lowest BCUT2D eigenvalue weighted by atomic mass is 9.76. The maximum atomic E-state index is 13.0. The van der Waals surface area contributed by atoms with Gasteiger partial charge in [0, 0.05) is 6.42 Å². The summed E-state index contributed by atoms with van der Waals surface area (Å²) in [5.41, 5.74) is 1.21. The molecule has 0 fully saturated rings. The van der Waals surface area contributed by atoms with Crippen LogP contribution in [0.1, 0.15) is 31.9 Å². The van der Waals surface area contributed by atoms with Crippen LogP contribution in [-0.4, -0.2) is 18.4 Å². The maximum Gasteiger partial charge on any atom is 0.323 e. The van der Waals surface area contributed by atoms with E-state index in [9.17, 15) is 9.59 Å². The van der Waals surface area contributed by atoms with Gasteiger partial charge >= 0.3 is 5.97 Å². The van der Waals surface area contributed by atoms with Crippen LogP contribution < -0.4 is 0 Å². The van der Waals surface area contributed by atoms with Crippen LogP contribution >= 0.6 is 0 Å². The summed E-state index contributed by atoms with van der Waals surface area (Å²) in [5.74, 6) is -0.664. The van der Waals surface area contributed by atoms with Gasteiger partial charge in [0.15, 0.2) is 5.78 Å². The van der Waals surface area contributed by atoms with Crippen LogP contribution in [0.3, 0.4) is 0 Å². The molecule has 2 rings (SSSR count). The van der Waals surface area contributed by atoms with E-state index in [4.69, 9.17) is 4.74 Å². The van der Waals surface area contributed by atoms with Crippen molar-refractivity contribution >= 4 is 17.8 Å². The minimum absolute atomic E-state index is 0.165. The summed E-state index contributed by atoms with van der Waals surface area (Å²) in [6.45, 7) is 5.46. The van der Waals surface area contributed by atoms with Gasteiger partial charge in [-0.2, -0.15) is 0 Å². The van der Waals surface area contributed by atoms with Gasteiger partial charge in [-0.1, -0.05) is 66.7 Å². The molecule has 0 saturated heterocycles. The first-order chi connectivity index (χ1) is 12.0. The minimum Gasteiger partial charge on any atom is -0.465 e. The number of rotatable bonds is 7. The lowest BCUT2D eigenvalue weighted by Crippen LogP contribution is -2.40. The molecule has 3 heteroatoms. The first kappa shape index (κ1) is 18.7. The van der Waals surface area contributed by atoms with E-state index in [1.54, 1.807) is 13.8 Å². The molecule has 0 radical (unpaired) electrons. The van der Waals surface area contributed by atoms with Crippen molar-refractivity contribution in [3.8, 4) is 0 Å². The smallest absolute Gasteiger partial charge is 0.323 e. The van der Waals surface area contributed by atoms with Crippen LogP contribution in [0.25, 0.3) is 6.08 Å². The van der Waals surface area contributed by atoms with E-state index in [2.05, 4.69) is 0 Å². The van der Waals surface area contributed by atoms with Crippen molar-refractivity contribution in [1.29, 1.82) is 0 Å². The third-order valence-corrected chi connectivity index (χ3v) is 4.42. The quantitative estimate of drug-likeness (QED) is 0.553. The molecule has 0 aliphatic heterocycles. The van der Waals surface area contributed by atoms with Crippen molar-refractivity contribution in [2.75, 3.05) is 6.61 Å². The average molecular weight is 336 g/mol. The number of benzene rings is 2. The molecule has 0 saturated carbocycles. The van der Waals surface area contributed by atoms with Crippen molar-refractivity contribution in [2.45, 2.75) is 27.2 Å². The molecule has 0 bridgehead atoms. The SMILES string of the molecule is CCOC(=O)C(C)(C(=O)Cc1ccccc1)/C(C)=C/c1ccccc1. The van der Waals surface area contributed by atoms with Gasteiger partial charge in [-0.25, -0.2) is 0 Å². The van der Waals surface area contributed by atoms with Gasteiger partial charge in [0.25, 0.3) is 0 Å². The fraction of sp³-hybridized carbons (Fsp3) is 0.273. The standard InChI is InChI=1S/C22H24O3/c1-4-25-21(24)22(3,17(2)15-18-11-7-5-8-12-18)20(23)16-19-13-9-6-10-14-19/h5-15H,4,16H2,1-3H3/b17-15+. The molecule has 0 aliphatic rings. The Balaban J connectivity index is 2.37. The Hall–Kier alpha value is -2.68. The zero-order valence-electron chi connectivity index (χ0n) is 15.0. The summed E-state index contributed by atoms with van der Waals surface area (Å²) < 4.78 is 5.22. The van der Waals surface area contributed by atoms with Gasteiger partial charge in [0.05, 0.1) is 6.61 Å². The molecule has 0 heterocycles. The summed E-state index contributed by atoms with van der Waals surface area (Å²) in [5, 5.41) is 0. The Labute approximate surface area is 149 Å². The first-order valence-corrected chi connectivity index (χ1v) is 8.46. The van der Waals surface area contributed by atoms with Gasteiger partial charge in [-0.3, -0.25) is 9.59 Å². The molecule has 0 aliphatic carbocycles. The Morgan fingerprint density at radius 2 is 1.56 bits per heavy atom. The second-order valence-corrected chi connectivity index (χ2v) is 6.17. The predicted octanol–water partition coefficient (Wildman–Crippen LogP) is 4.47. The Morgan fingerprint density at radius 3 is 2.12 bits per heavy atom. The average Bonchev–Trinajstić information content (AvgIpc) is 2.62. The number of hydrogen-bond acceptors (Lipinski definition) is 3. The highest BCUT2D eigenvalue weighted by Gasteiger charge is 2.43. The van der Waals surface area contributed by atoms with Gasteiger partial charge in [0.1, 0.15) is 5.41 Å². The van der Waals surface area contributed by atoms with Crippen LogP contribution in [0, 0.1) is 5.41 Å². The van der Waals surface area contributed by atoms with Crippen LogP contribution in [0.2, 0.25) is 0 Å². The van der Waals surface area contributed by atoms with Crippen molar-refractivity contribution in [2.24, 2.45) is 5.41 Å². The van der Waals surface area contributed by atoms with Gasteiger partial charge in [-0.15, -0.1) is 0 Å². The number of carbonyl (C=O) groups excluding carboxylic acids is 2. The third-order valence-electron chi connectivity index (χ3n) is 4.42. The lowest BCUT2D eigenvalue weighted by Gasteiger charge is -2.27. The highest BCUT2D eigenvalue weighted by Crippen LogP contribution is 2.32. The zero-order chi connectivity index (χ0) is 18.3. The third kappa shape index (κ3) is 4.44. The normalized spacial score (nSPS) is 13.8. The van der Waals surface area contributed by atoms with Crippen LogP contribution in [0.15, 0.2) is 66.2 Å². The molecule has 2 aromatic carbocycles. The van der Waals surface area contributed by atoms with Gasteiger partial charge in [0.2, 0.25) is 0 Å². The van der Waals surface area contributed by atoms with E-state index in [1.165, 1.54) is 0 Å². The Morgan fingerprint density at radius 1 is 1.00 bits per heavy atom. The van der Waals surface area contributed by atoms with Crippen LogP contribution in [0.4, 0.5) is 0 Å². The fourth-order valence-electron chi connectivity index (χ4n) is 2.67. The molecule has 25 heavy (non-hydrogen) atoms. The minimum atomic E-state index is -1.30. The van der Waals surface area contributed by atoms with E-state index in [1.807, 2.05) is 73.7 Å². The van der Waals surface area contributed by atoms with Crippen molar-refractivity contribution < 1.29 is 14.3 Å². The number of Topliss-reactive ketones (excluding diaryl/α,β-unsaturated/α-hetero) is 1. The number of ketones is 1.